The average molecular weight is 253 g/mol. The maximum absolute atomic E-state index is 11.9. The third-order valence-corrected chi connectivity index (χ3v) is 1.38. The fourth-order valence-electron chi connectivity index (χ4n) is 0.132. The van der Waals surface area contributed by atoms with E-state index in [0.717, 1.165) is 0 Å². The molecule has 0 spiro atoms. The van der Waals surface area contributed by atoms with Crippen LogP contribution < -0.4 is 5.32 Å². The van der Waals surface area contributed by atoms with E-state index in [-0.39, 0.29) is 0 Å². The van der Waals surface area contributed by atoms with Gasteiger partial charge in [0, 0.05) is 0 Å². The standard InChI is InChI=1S/C2H5FINO2S/c3-2(5-1-4)8(6)7/h2,5H,1H2,(H,6,7). The Hall–Kier alpha value is 0.730. The van der Waals surface area contributed by atoms with Crippen molar-refractivity contribution in [3.63, 3.8) is 0 Å². The van der Waals surface area contributed by atoms with Gasteiger partial charge in [0.05, 0.1) is 4.55 Å². The van der Waals surface area contributed by atoms with E-state index in [0.29, 0.717) is 4.55 Å². The Labute approximate surface area is 62.5 Å². The van der Waals surface area contributed by atoms with Crippen molar-refractivity contribution in [3.05, 3.63) is 0 Å². The van der Waals surface area contributed by atoms with Crippen LogP contribution in [0.4, 0.5) is 4.39 Å². The second-order valence-electron chi connectivity index (χ2n) is 0.930. The average Bonchev–Trinajstić information content (AvgIpc) is 1.67. The van der Waals surface area contributed by atoms with Crippen LogP contribution in [-0.4, -0.2) is 18.9 Å². The van der Waals surface area contributed by atoms with Crippen molar-refractivity contribution in [2.45, 2.75) is 5.63 Å². The molecule has 0 aliphatic heterocycles. The number of halogens is 2. The Balaban J connectivity index is 3.32. The van der Waals surface area contributed by atoms with E-state index < -0.39 is 16.7 Å². The van der Waals surface area contributed by atoms with Gasteiger partial charge in [-0.05, 0) is 0 Å². The van der Waals surface area contributed by atoms with Gasteiger partial charge in [-0.15, -0.1) is 0 Å². The van der Waals surface area contributed by atoms with Crippen molar-refractivity contribution in [1.29, 1.82) is 0 Å². The minimum atomic E-state index is -2.39. The number of hydrogen-bond acceptors (Lipinski definition) is 2. The van der Waals surface area contributed by atoms with E-state index in [4.69, 9.17) is 4.55 Å². The molecule has 8 heavy (non-hydrogen) atoms. The van der Waals surface area contributed by atoms with Gasteiger partial charge in [0.1, 0.15) is 0 Å². The summed E-state index contributed by atoms with van der Waals surface area (Å²) >= 11 is -0.553. The third-order valence-electron chi connectivity index (χ3n) is 0.415. The van der Waals surface area contributed by atoms with Gasteiger partial charge in [-0.2, -0.15) is 0 Å². The SMILES string of the molecule is O=S(O)C(F)NCI. The second-order valence-corrected chi connectivity index (χ2v) is 2.66. The molecule has 0 aliphatic rings. The molecule has 2 atom stereocenters. The lowest BCUT2D eigenvalue weighted by Gasteiger charge is -1.99. The summed E-state index contributed by atoms with van der Waals surface area (Å²) < 4.78 is 29.9. The van der Waals surface area contributed by atoms with E-state index in [9.17, 15) is 8.60 Å². The van der Waals surface area contributed by atoms with Gasteiger partial charge in [-0.3, -0.25) is 5.32 Å². The van der Waals surface area contributed by atoms with Gasteiger partial charge in [0.25, 0.3) is 5.63 Å². The van der Waals surface area contributed by atoms with Crippen LogP contribution in [-0.2, 0) is 11.1 Å². The lowest BCUT2D eigenvalue weighted by Crippen LogP contribution is -2.26. The number of hydrogen-bond donors (Lipinski definition) is 2. The van der Waals surface area contributed by atoms with Crippen LogP contribution in [0.1, 0.15) is 0 Å². The maximum Gasteiger partial charge on any atom is 0.252 e. The van der Waals surface area contributed by atoms with Gasteiger partial charge in [0.15, 0.2) is 0 Å². The number of rotatable bonds is 3. The lowest BCUT2D eigenvalue weighted by atomic mass is 11.2. The zero-order valence-corrected chi connectivity index (χ0v) is 6.78. The molecular weight excluding hydrogens is 248 g/mol. The van der Waals surface area contributed by atoms with Crippen molar-refractivity contribution < 1.29 is 13.2 Å². The van der Waals surface area contributed by atoms with Crippen molar-refractivity contribution >= 4 is 33.7 Å². The van der Waals surface area contributed by atoms with E-state index in [1.807, 2.05) is 22.6 Å². The normalized spacial score (nSPS) is 17.9. The molecular formula is C2H5FINO2S. The molecule has 0 heterocycles. The summed E-state index contributed by atoms with van der Waals surface area (Å²) in [5.41, 5.74) is -1.81. The van der Waals surface area contributed by atoms with E-state index in [2.05, 4.69) is 5.32 Å². The van der Waals surface area contributed by atoms with Crippen molar-refractivity contribution in [2.24, 2.45) is 0 Å². The molecule has 0 aliphatic carbocycles. The highest BCUT2D eigenvalue weighted by Gasteiger charge is 2.08. The molecule has 0 rings (SSSR count). The monoisotopic (exact) mass is 253 g/mol. The third kappa shape index (κ3) is 3.70. The van der Waals surface area contributed by atoms with Gasteiger partial charge >= 0.3 is 0 Å². The van der Waals surface area contributed by atoms with Gasteiger partial charge in [-0.25, -0.2) is 8.60 Å². The van der Waals surface area contributed by atoms with Crippen LogP contribution >= 0.6 is 22.6 Å². The van der Waals surface area contributed by atoms with E-state index >= 15 is 0 Å². The molecule has 0 fully saturated rings. The van der Waals surface area contributed by atoms with Crippen LogP contribution in [0.2, 0.25) is 0 Å². The number of nitrogens with one attached hydrogen (secondary N) is 1. The highest BCUT2D eigenvalue weighted by Crippen LogP contribution is 1.90. The molecule has 0 aromatic heterocycles. The van der Waals surface area contributed by atoms with Crippen LogP contribution in [0.15, 0.2) is 0 Å². The van der Waals surface area contributed by atoms with E-state index in [1.165, 1.54) is 0 Å². The predicted octanol–water partition coefficient (Wildman–Crippen LogP) is 0.443. The smallest absolute Gasteiger partial charge is 0.252 e. The van der Waals surface area contributed by atoms with Crippen LogP contribution in [0.25, 0.3) is 0 Å². The molecule has 3 nitrogen and oxygen atoms in total. The first-order valence-corrected chi connectivity index (χ1v) is 4.41. The molecule has 0 bridgehead atoms. The molecule has 0 aromatic carbocycles. The topological polar surface area (TPSA) is 49.3 Å². The Bertz CT molecular complexity index is 92.1. The molecule has 0 saturated heterocycles. The summed E-state index contributed by atoms with van der Waals surface area (Å²) in [7, 11) is 0. The first-order valence-electron chi connectivity index (χ1n) is 1.71. The molecule has 6 heteroatoms. The summed E-state index contributed by atoms with van der Waals surface area (Å²) in [6.07, 6.45) is 0. The molecule has 0 radical (unpaired) electrons. The summed E-state index contributed by atoms with van der Waals surface area (Å²) in [5.74, 6) is 0. The Kier molecular flexibility index (Phi) is 5.01. The highest BCUT2D eigenvalue weighted by molar-refractivity contribution is 14.1. The molecule has 0 amide bonds. The summed E-state index contributed by atoms with van der Waals surface area (Å²) in [4.78, 5) is 0. The maximum atomic E-state index is 11.9. The summed E-state index contributed by atoms with van der Waals surface area (Å²) in [5, 5.41) is 2.11. The fourth-order valence-corrected chi connectivity index (χ4v) is 1.04. The molecule has 2 unspecified atom stereocenters. The zero-order chi connectivity index (χ0) is 6.57. The van der Waals surface area contributed by atoms with Crippen molar-refractivity contribution in [1.82, 2.24) is 5.32 Å². The van der Waals surface area contributed by atoms with Crippen LogP contribution in [0.5, 0.6) is 0 Å². The van der Waals surface area contributed by atoms with Gasteiger partial charge < -0.3 is 4.55 Å². The first kappa shape index (κ1) is 8.73. The quantitative estimate of drug-likeness (QED) is 0.332. The minimum absolute atomic E-state index is 0.325. The summed E-state index contributed by atoms with van der Waals surface area (Å²) in [6, 6.07) is 0. The highest BCUT2D eigenvalue weighted by atomic mass is 127. The van der Waals surface area contributed by atoms with E-state index in [1.54, 1.807) is 0 Å². The molecule has 2 N–H and O–H groups in total. The lowest BCUT2D eigenvalue weighted by molar-refractivity contribution is 0.369. The Morgan fingerprint density at radius 2 is 2.50 bits per heavy atom. The number of alkyl halides is 2. The fraction of sp³-hybridized carbons (Fsp3) is 1.00. The largest absolute Gasteiger partial charge is 0.303 e. The minimum Gasteiger partial charge on any atom is -0.303 e. The van der Waals surface area contributed by atoms with Crippen molar-refractivity contribution in [3.8, 4) is 0 Å². The first-order chi connectivity index (χ1) is 3.68. The molecule has 50 valence electrons. The molecule has 0 aromatic rings. The van der Waals surface area contributed by atoms with Gasteiger partial charge in [-0.1, -0.05) is 22.6 Å². The van der Waals surface area contributed by atoms with Crippen LogP contribution in [0.3, 0.4) is 0 Å². The van der Waals surface area contributed by atoms with Gasteiger partial charge in [0.2, 0.25) is 11.1 Å². The Morgan fingerprint density at radius 3 is 2.62 bits per heavy atom. The van der Waals surface area contributed by atoms with Crippen molar-refractivity contribution in [2.75, 3.05) is 4.55 Å². The zero-order valence-electron chi connectivity index (χ0n) is 3.80. The summed E-state index contributed by atoms with van der Waals surface area (Å²) in [6.45, 7) is 0. The Morgan fingerprint density at radius 1 is 2.00 bits per heavy atom. The van der Waals surface area contributed by atoms with Crippen LogP contribution in [0, 0.1) is 0 Å². The molecule has 0 saturated carbocycles. The predicted molar refractivity (Wildman–Crippen MR) is 37.7 cm³/mol. The second kappa shape index (κ2) is 4.59.